The first-order valence-electron chi connectivity index (χ1n) is 5.69. The van der Waals surface area contributed by atoms with E-state index in [1.54, 1.807) is 0 Å². The van der Waals surface area contributed by atoms with Gasteiger partial charge in [0.05, 0.1) is 17.3 Å². The minimum Gasteiger partial charge on any atom is -0.368 e. The summed E-state index contributed by atoms with van der Waals surface area (Å²) in [4.78, 5) is 3.87. The van der Waals surface area contributed by atoms with Gasteiger partial charge in [0, 0.05) is 10.0 Å². The number of hydrogen-bond donors (Lipinski definition) is 1. The molecule has 0 saturated heterocycles. The van der Waals surface area contributed by atoms with Crippen molar-refractivity contribution < 1.29 is 13.2 Å². The summed E-state index contributed by atoms with van der Waals surface area (Å²) >= 11 is 3.04. The zero-order valence-corrected chi connectivity index (χ0v) is 11.9. The van der Waals surface area contributed by atoms with Crippen molar-refractivity contribution in [2.24, 2.45) is 0 Å². The van der Waals surface area contributed by atoms with Crippen LogP contribution in [0.2, 0.25) is 0 Å². The first kappa shape index (κ1) is 13.8. The Morgan fingerprint density at radius 2 is 1.95 bits per heavy atom. The highest BCUT2D eigenvalue weighted by molar-refractivity contribution is 9.10. The van der Waals surface area contributed by atoms with Gasteiger partial charge >= 0.3 is 6.18 Å². The second-order valence-corrected chi connectivity index (χ2v) is 5.16. The summed E-state index contributed by atoms with van der Waals surface area (Å²) < 4.78 is 41.3. The summed E-state index contributed by atoms with van der Waals surface area (Å²) in [6, 6.07) is 3.84. The number of anilines is 1. The summed E-state index contributed by atoms with van der Waals surface area (Å²) in [5.74, 6) is 0.0527. The molecule has 0 radical (unpaired) electrons. The van der Waals surface area contributed by atoms with Crippen molar-refractivity contribution >= 4 is 27.4 Å². The lowest BCUT2D eigenvalue weighted by Crippen LogP contribution is -2.09. The van der Waals surface area contributed by atoms with E-state index >= 15 is 0 Å². The molecule has 0 spiro atoms. The number of nitrogens with two attached hydrogens (primary N) is 1. The predicted molar refractivity (Wildman–Crippen MR) is 73.3 cm³/mol. The van der Waals surface area contributed by atoms with E-state index in [0.717, 1.165) is 6.07 Å². The van der Waals surface area contributed by atoms with Crippen LogP contribution in [0.25, 0.3) is 16.8 Å². The van der Waals surface area contributed by atoms with E-state index in [4.69, 9.17) is 5.73 Å². The standard InChI is InChI=1S/C12H7BrF3N5/c13-6-1-2-7(8(3-6)12(14,15)16)10-9-4-18-5-21(9)11(17)20-19-10/h1-5H,(H2,17,20). The number of nitrogen functional groups attached to an aromatic ring is 1. The van der Waals surface area contributed by atoms with Crippen LogP contribution in [0.15, 0.2) is 35.2 Å². The van der Waals surface area contributed by atoms with E-state index in [9.17, 15) is 13.2 Å². The highest BCUT2D eigenvalue weighted by Gasteiger charge is 2.35. The number of fused-ring (bicyclic) bond motifs is 1. The largest absolute Gasteiger partial charge is 0.417 e. The van der Waals surface area contributed by atoms with Crippen LogP contribution in [0.4, 0.5) is 19.1 Å². The highest BCUT2D eigenvalue weighted by atomic mass is 79.9. The lowest BCUT2D eigenvalue weighted by Gasteiger charge is -2.13. The summed E-state index contributed by atoms with van der Waals surface area (Å²) in [6.45, 7) is 0. The Kier molecular flexibility index (Phi) is 3.08. The van der Waals surface area contributed by atoms with Crippen LogP contribution >= 0.6 is 15.9 Å². The molecule has 5 nitrogen and oxygen atoms in total. The van der Waals surface area contributed by atoms with Crippen LogP contribution in [-0.2, 0) is 6.18 Å². The van der Waals surface area contributed by atoms with E-state index in [1.807, 2.05) is 0 Å². The molecule has 0 aliphatic heterocycles. The number of benzene rings is 1. The van der Waals surface area contributed by atoms with Gasteiger partial charge in [0.15, 0.2) is 0 Å². The fourth-order valence-corrected chi connectivity index (χ4v) is 2.36. The summed E-state index contributed by atoms with van der Waals surface area (Å²) in [5.41, 5.74) is 5.16. The number of imidazole rings is 1. The molecule has 2 aromatic heterocycles. The lowest BCUT2D eigenvalue weighted by molar-refractivity contribution is -0.137. The third kappa shape index (κ3) is 2.33. The van der Waals surface area contributed by atoms with Gasteiger partial charge in [-0.1, -0.05) is 22.0 Å². The molecule has 2 heterocycles. The van der Waals surface area contributed by atoms with Gasteiger partial charge in [0.2, 0.25) is 5.95 Å². The lowest BCUT2D eigenvalue weighted by atomic mass is 10.0. The maximum absolute atomic E-state index is 13.2. The number of halogens is 4. The normalized spacial score (nSPS) is 12.0. The molecular weight excluding hydrogens is 351 g/mol. The molecule has 0 amide bonds. The zero-order valence-electron chi connectivity index (χ0n) is 10.3. The Balaban J connectivity index is 2.34. The molecular formula is C12H7BrF3N5. The Morgan fingerprint density at radius 1 is 1.19 bits per heavy atom. The molecule has 0 fully saturated rings. The molecule has 9 heteroatoms. The molecule has 0 bridgehead atoms. The topological polar surface area (TPSA) is 69.1 Å². The van der Waals surface area contributed by atoms with Gasteiger partial charge in [-0.2, -0.15) is 13.2 Å². The van der Waals surface area contributed by atoms with E-state index in [0.29, 0.717) is 9.99 Å². The van der Waals surface area contributed by atoms with Crippen molar-refractivity contribution in [3.63, 3.8) is 0 Å². The van der Waals surface area contributed by atoms with Crippen molar-refractivity contribution in [1.82, 2.24) is 19.6 Å². The van der Waals surface area contributed by atoms with Crippen molar-refractivity contribution in [1.29, 1.82) is 0 Å². The molecule has 0 saturated carbocycles. The van der Waals surface area contributed by atoms with Crippen molar-refractivity contribution in [2.45, 2.75) is 6.18 Å². The molecule has 0 unspecified atom stereocenters. The van der Waals surface area contributed by atoms with Gasteiger partial charge in [0.25, 0.3) is 0 Å². The maximum atomic E-state index is 13.2. The summed E-state index contributed by atoms with van der Waals surface area (Å²) in [7, 11) is 0. The van der Waals surface area contributed by atoms with Gasteiger partial charge in [-0.15, -0.1) is 10.2 Å². The Morgan fingerprint density at radius 3 is 2.67 bits per heavy atom. The molecule has 0 atom stereocenters. The van der Waals surface area contributed by atoms with E-state index in [2.05, 4.69) is 31.1 Å². The van der Waals surface area contributed by atoms with Crippen molar-refractivity contribution in [2.75, 3.05) is 5.73 Å². The fourth-order valence-electron chi connectivity index (χ4n) is 2.00. The third-order valence-corrected chi connectivity index (χ3v) is 3.42. The Labute approximate surface area is 124 Å². The molecule has 1 aromatic carbocycles. The molecule has 21 heavy (non-hydrogen) atoms. The average Bonchev–Trinajstić information content (AvgIpc) is 2.89. The zero-order chi connectivity index (χ0) is 15.2. The van der Waals surface area contributed by atoms with Crippen molar-refractivity contribution in [3.8, 4) is 11.3 Å². The van der Waals surface area contributed by atoms with Gasteiger partial charge in [-0.05, 0) is 12.1 Å². The molecule has 0 aliphatic carbocycles. The number of rotatable bonds is 1. The van der Waals surface area contributed by atoms with Gasteiger partial charge < -0.3 is 5.73 Å². The minimum atomic E-state index is -4.51. The van der Waals surface area contributed by atoms with E-state index < -0.39 is 11.7 Å². The van der Waals surface area contributed by atoms with E-state index in [-0.39, 0.29) is 17.2 Å². The average molecular weight is 358 g/mol. The summed E-state index contributed by atoms with van der Waals surface area (Å²) in [6.07, 6.45) is -1.75. The van der Waals surface area contributed by atoms with Crippen LogP contribution < -0.4 is 5.73 Å². The van der Waals surface area contributed by atoms with Gasteiger partial charge in [-0.25, -0.2) is 4.98 Å². The molecule has 3 aromatic rings. The minimum absolute atomic E-state index is 0.0527. The molecule has 108 valence electrons. The quantitative estimate of drug-likeness (QED) is 0.726. The number of nitrogens with zero attached hydrogens (tertiary/aromatic N) is 4. The monoisotopic (exact) mass is 357 g/mol. The SMILES string of the molecule is Nc1nnc(-c2ccc(Br)cc2C(F)(F)F)c2cncn12. The molecule has 3 rings (SSSR count). The fraction of sp³-hybridized carbons (Fsp3) is 0.0833. The molecule has 0 aliphatic rings. The first-order chi connectivity index (χ1) is 9.88. The van der Waals surface area contributed by atoms with Crippen LogP contribution in [-0.4, -0.2) is 19.6 Å². The van der Waals surface area contributed by atoms with Crippen LogP contribution in [0, 0.1) is 0 Å². The number of hydrogen-bond acceptors (Lipinski definition) is 4. The highest BCUT2D eigenvalue weighted by Crippen LogP contribution is 2.39. The second kappa shape index (κ2) is 4.69. The number of alkyl halides is 3. The van der Waals surface area contributed by atoms with Gasteiger partial charge in [-0.3, -0.25) is 4.40 Å². The Bertz CT molecular complexity index is 827. The van der Waals surface area contributed by atoms with Crippen LogP contribution in [0.3, 0.4) is 0 Å². The van der Waals surface area contributed by atoms with E-state index in [1.165, 1.54) is 29.1 Å². The first-order valence-corrected chi connectivity index (χ1v) is 6.48. The third-order valence-electron chi connectivity index (χ3n) is 2.92. The Hall–Kier alpha value is -2.16. The number of aromatic nitrogens is 4. The maximum Gasteiger partial charge on any atom is 0.417 e. The predicted octanol–water partition coefficient (Wildman–Crippen LogP) is 3.15. The smallest absolute Gasteiger partial charge is 0.368 e. The van der Waals surface area contributed by atoms with Crippen molar-refractivity contribution in [3.05, 3.63) is 40.8 Å². The second-order valence-electron chi connectivity index (χ2n) is 4.24. The van der Waals surface area contributed by atoms with Crippen LogP contribution in [0.1, 0.15) is 5.56 Å². The molecule has 2 N–H and O–H groups in total. The van der Waals surface area contributed by atoms with Gasteiger partial charge in [0.1, 0.15) is 12.0 Å². The van der Waals surface area contributed by atoms with Crippen LogP contribution in [0.5, 0.6) is 0 Å². The summed E-state index contributed by atoms with van der Waals surface area (Å²) in [5, 5.41) is 7.47.